The maximum atomic E-state index is 4.35. The Morgan fingerprint density at radius 1 is 1.38 bits per heavy atom. The average Bonchev–Trinajstić information content (AvgIpc) is 2.83. The van der Waals surface area contributed by atoms with Crippen LogP contribution in [0.15, 0.2) is 10.7 Å². The van der Waals surface area contributed by atoms with Gasteiger partial charge in [-0.1, -0.05) is 0 Å². The molecule has 0 unspecified atom stereocenters. The highest BCUT2D eigenvalue weighted by molar-refractivity contribution is 9.10. The molecule has 2 aliphatic heterocycles. The minimum absolute atomic E-state index is 0.766. The zero-order chi connectivity index (χ0) is 11.1. The van der Waals surface area contributed by atoms with Gasteiger partial charge >= 0.3 is 0 Å². The summed E-state index contributed by atoms with van der Waals surface area (Å²) in [4.78, 5) is 5.09. The van der Waals surface area contributed by atoms with Crippen LogP contribution < -0.4 is 4.90 Å². The molecule has 4 nitrogen and oxygen atoms in total. The lowest BCUT2D eigenvalue weighted by atomic mass is 10.1. The van der Waals surface area contributed by atoms with Crippen molar-refractivity contribution in [2.75, 3.05) is 31.1 Å². The molecule has 0 aromatic carbocycles. The van der Waals surface area contributed by atoms with E-state index in [1.54, 1.807) is 0 Å². The van der Waals surface area contributed by atoms with Crippen molar-refractivity contribution in [1.29, 1.82) is 0 Å². The van der Waals surface area contributed by atoms with Crippen LogP contribution in [0.2, 0.25) is 0 Å². The Bertz CT molecular complexity index is 389. The Labute approximate surface area is 104 Å². The number of aryl methyl sites for hydroxylation is 1. The third kappa shape index (κ3) is 1.76. The molecule has 88 valence electrons. The first-order valence-corrected chi connectivity index (χ1v) is 6.72. The molecule has 5 heteroatoms. The molecule has 3 rings (SSSR count). The van der Waals surface area contributed by atoms with E-state index >= 15 is 0 Å². The molecule has 2 saturated heterocycles. The van der Waals surface area contributed by atoms with Crippen LogP contribution in [0.25, 0.3) is 0 Å². The average molecular weight is 285 g/mol. The van der Waals surface area contributed by atoms with E-state index < -0.39 is 0 Å². The van der Waals surface area contributed by atoms with E-state index in [0.29, 0.717) is 0 Å². The molecule has 1 atom stereocenters. The molecule has 0 aliphatic carbocycles. The number of anilines is 1. The Hall–Kier alpha value is -0.550. The molecule has 0 spiro atoms. The van der Waals surface area contributed by atoms with Crippen molar-refractivity contribution in [1.82, 2.24) is 14.7 Å². The van der Waals surface area contributed by atoms with Gasteiger partial charge in [0.25, 0.3) is 0 Å². The molecule has 0 bridgehead atoms. The number of halogens is 1. The number of piperazine rings is 1. The van der Waals surface area contributed by atoms with Gasteiger partial charge in [0.05, 0.1) is 0 Å². The van der Waals surface area contributed by atoms with E-state index in [-0.39, 0.29) is 0 Å². The van der Waals surface area contributed by atoms with Crippen LogP contribution in [0.1, 0.15) is 12.8 Å². The second-order valence-electron chi connectivity index (χ2n) is 4.73. The Morgan fingerprint density at radius 2 is 2.25 bits per heavy atom. The summed E-state index contributed by atoms with van der Waals surface area (Å²) in [5.74, 6) is 1.23. The highest BCUT2D eigenvalue weighted by Gasteiger charge is 2.31. The fourth-order valence-electron chi connectivity index (χ4n) is 2.92. The fraction of sp³-hybridized carbons (Fsp3) is 0.727. The van der Waals surface area contributed by atoms with Gasteiger partial charge in [0.1, 0.15) is 10.4 Å². The standard InChI is InChI=1S/C11H17BrN4/c1-14-11(7-10(12)13-14)16-6-5-15-4-2-3-9(15)8-16/h7,9H,2-6,8H2,1H3/t9-/m1/s1. The first kappa shape index (κ1) is 10.6. The van der Waals surface area contributed by atoms with E-state index in [1.165, 1.54) is 31.7 Å². The topological polar surface area (TPSA) is 24.3 Å². The van der Waals surface area contributed by atoms with Gasteiger partial charge in [-0.3, -0.25) is 9.58 Å². The lowest BCUT2D eigenvalue weighted by Gasteiger charge is -2.38. The van der Waals surface area contributed by atoms with Crippen LogP contribution in [0, 0.1) is 0 Å². The number of hydrogen-bond acceptors (Lipinski definition) is 3. The van der Waals surface area contributed by atoms with Crippen molar-refractivity contribution in [2.24, 2.45) is 7.05 Å². The first-order chi connectivity index (χ1) is 7.74. The van der Waals surface area contributed by atoms with E-state index in [1.807, 2.05) is 11.7 Å². The molecule has 1 aromatic rings. The van der Waals surface area contributed by atoms with Crippen molar-refractivity contribution in [3.63, 3.8) is 0 Å². The molecule has 0 amide bonds. The number of fused-ring (bicyclic) bond motifs is 1. The van der Waals surface area contributed by atoms with Crippen LogP contribution in [-0.2, 0) is 7.05 Å². The molecule has 0 saturated carbocycles. The molecular formula is C11H17BrN4. The summed E-state index contributed by atoms with van der Waals surface area (Å²) >= 11 is 3.44. The summed E-state index contributed by atoms with van der Waals surface area (Å²) < 4.78 is 2.90. The summed E-state index contributed by atoms with van der Waals surface area (Å²) in [6.45, 7) is 4.79. The number of aromatic nitrogens is 2. The highest BCUT2D eigenvalue weighted by Crippen LogP contribution is 2.26. The van der Waals surface area contributed by atoms with E-state index in [0.717, 1.165) is 23.7 Å². The SMILES string of the molecule is Cn1nc(Br)cc1N1CCN2CCC[C@@H]2C1. The van der Waals surface area contributed by atoms with Gasteiger partial charge in [-0.2, -0.15) is 5.10 Å². The third-order valence-electron chi connectivity index (χ3n) is 3.74. The van der Waals surface area contributed by atoms with Gasteiger partial charge in [0, 0.05) is 38.8 Å². The van der Waals surface area contributed by atoms with E-state index in [9.17, 15) is 0 Å². The molecule has 1 aromatic heterocycles. The molecular weight excluding hydrogens is 268 g/mol. The smallest absolute Gasteiger partial charge is 0.130 e. The minimum atomic E-state index is 0.766. The number of rotatable bonds is 1. The van der Waals surface area contributed by atoms with E-state index in [4.69, 9.17) is 0 Å². The van der Waals surface area contributed by atoms with Gasteiger partial charge < -0.3 is 4.90 Å². The first-order valence-electron chi connectivity index (χ1n) is 5.92. The molecule has 2 aliphatic rings. The second-order valence-corrected chi connectivity index (χ2v) is 5.54. The molecule has 0 N–H and O–H groups in total. The van der Waals surface area contributed by atoms with Gasteiger partial charge in [0.2, 0.25) is 0 Å². The highest BCUT2D eigenvalue weighted by atomic mass is 79.9. The van der Waals surface area contributed by atoms with Crippen LogP contribution >= 0.6 is 15.9 Å². The molecule has 2 fully saturated rings. The zero-order valence-corrected chi connectivity index (χ0v) is 11.2. The Morgan fingerprint density at radius 3 is 3.00 bits per heavy atom. The summed E-state index contributed by atoms with van der Waals surface area (Å²) in [5, 5.41) is 4.35. The van der Waals surface area contributed by atoms with Gasteiger partial charge in [0.15, 0.2) is 0 Å². The quantitative estimate of drug-likeness (QED) is 0.781. The van der Waals surface area contributed by atoms with Crippen molar-refractivity contribution in [3.8, 4) is 0 Å². The molecule has 3 heterocycles. The fourth-order valence-corrected chi connectivity index (χ4v) is 3.36. The van der Waals surface area contributed by atoms with Gasteiger partial charge in [-0.15, -0.1) is 0 Å². The maximum absolute atomic E-state index is 4.35. The molecule has 16 heavy (non-hydrogen) atoms. The summed E-state index contributed by atoms with van der Waals surface area (Å²) in [6.07, 6.45) is 2.73. The van der Waals surface area contributed by atoms with Crippen LogP contribution in [0.3, 0.4) is 0 Å². The monoisotopic (exact) mass is 284 g/mol. The van der Waals surface area contributed by atoms with Crippen molar-refractivity contribution < 1.29 is 0 Å². The summed E-state index contributed by atoms with van der Waals surface area (Å²) in [6, 6.07) is 2.88. The maximum Gasteiger partial charge on any atom is 0.130 e. The largest absolute Gasteiger partial charge is 0.354 e. The van der Waals surface area contributed by atoms with Crippen molar-refractivity contribution in [2.45, 2.75) is 18.9 Å². The van der Waals surface area contributed by atoms with Crippen molar-refractivity contribution >= 4 is 21.7 Å². The normalized spacial score (nSPS) is 26.1. The third-order valence-corrected chi connectivity index (χ3v) is 4.12. The van der Waals surface area contributed by atoms with E-state index in [2.05, 4.69) is 36.9 Å². The number of nitrogens with zero attached hydrogens (tertiary/aromatic N) is 4. The minimum Gasteiger partial charge on any atom is -0.354 e. The van der Waals surface area contributed by atoms with Gasteiger partial charge in [-0.05, 0) is 35.3 Å². The lowest BCUT2D eigenvalue weighted by molar-refractivity contribution is 0.229. The van der Waals surface area contributed by atoms with Crippen LogP contribution in [-0.4, -0.2) is 46.9 Å². The number of hydrogen-bond donors (Lipinski definition) is 0. The Balaban J connectivity index is 1.78. The predicted molar refractivity (Wildman–Crippen MR) is 67.7 cm³/mol. The second kappa shape index (κ2) is 4.04. The summed E-state index contributed by atoms with van der Waals surface area (Å²) in [7, 11) is 2.01. The summed E-state index contributed by atoms with van der Waals surface area (Å²) in [5.41, 5.74) is 0. The van der Waals surface area contributed by atoms with Gasteiger partial charge in [-0.25, -0.2) is 0 Å². The predicted octanol–water partition coefficient (Wildman–Crippen LogP) is 1.47. The van der Waals surface area contributed by atoms with Crippen molar-refractivity contribution in [3.05, 3.63) is 10.7 Å². The zero-order valence-electron chi connectivity index (χ0n) is 9.56. The lowest BCUT2D eigenvalue weighted by Crippen LogP contribution is -2.50. The van der Waals surface area contributed by atoms with Crippen LogP contribution in [0.4, 0.5) is 5.82 Å². The van der Waals surface area contributed by atoms with Crippen LogP contribution in [0.5, 0.6) is 0 Å². The Kier molecular flexibility index (Phi) is 2.67. The molecule has 0 radical (unpaired) electrons.